The van der Waals surface area contributed by atoms with E-state index in [-0.39, 0.29) is 29.7 Å². The molecule has 2 aromatic carbocycles. The molecule has 0 aromatic heterocycles. The first-order valence-corrected chi connectivity index (χ1v) is 9.63. The van der Waals surface area contributed by atoms with Crippen LogP contribution < -0.4 is 4.74 Å². The van der Waals surface area contributed by atoms with E-state index in [2.05, 4.69) is 0 Å². The molecular weight excluding hydrogens is 359 g/mol. The average molecular weight is 382 g/mol. The number of carbonyl (C=O) groups is 2. The Morgan fingerprint density at radius 1 is 1.07 bits per heavy atom. The maximum absolute atomic E-state index is 13.1. The summed E-state index contributed by atoms with van der Waals surface area (Å²) in [5, 5.41) is 0. The minimum absolute atomic E-state index is 0.0277. The van der Waals surface area contributed by atoms with Crippen LogP contribution in [0.4, 0.5) is 4.39 Å². The van der Waals surface area contributed by atoms with Crippen molar-refractivity contribution in [1.29, 1.82) is 0 Å². The third-order valence-electron chi connectivity index (χ3n) is 5.53. The van der Waals surface area contributed by atoms with E-state index >= 15 is 0 Å². The second kappa shape index (κ2) is 8.00. The highest BCUT2D eigenvalue weighted by atomic mass is 19.1. The summed E-state index contributed by atoms with van der Waals surface area (Å²) in [5.74, 6) is 0.540. The molecular formula is C22H23FN2O3. The second-order valence-corrected chi connectivity index (χ2v) is 7.27. The zero-order chi connectivity index (χ0) is 19.5. The molecule has 2 fully saturated rings. The number of nitrogens with zero attached hydrogens (tertiary/aromatic N) is 2. The first kappa shape index (κ1) is 18.5. The number of ether oxygens (including phenoxy) is 1. The number of amides is 2. The third kappa shape index (κ3) is 3.86. The monoisotopic (exact) mass is 382 g/mol. The number of para-hydroxylation sites is 1. The van der Waals surface area contributed by atoms with Crippen molar-refractivity contribution in [3.8, 4) is 5.75 Å². The van der Waals surface area contributed by atoms with Crippen molar-refractivity contribution in [2.75, 3.05) is 13.2 Å². The highest BCUT2D eigenvalue weighted by Crippen LogP contribution is 2.34. The van der Waals surface area contributed by atoms with Gasteiger partial charge in [-0.15, -0.1) is 0 Å². The maximum Gasteiger partial charge on any atom is 0.226 e. The van der Waals surface area contributed by atoms with Crippen molar-refractivity contribution in [3.05, 3.63) is 66.0 Å². The van der Waals surface area contributed by atoms with Crippen molar-refractivity contribution in [2.24, 2.45) is 0 Å². The Morgan fingerprint density at radius 3 is 2.57 bits per heavy atom. The van der Waals surface area contributed by atoms with Gasteiger partial charge in [0.15, 0.2) is 0 Å². The molecule has 28 heavy (non-hydrogen) atoms. The molecule has 0 unspecified atom stereocenters. The topological polar surface area (TPSA) is 49.9 Å². The molecule has 2 heterocycles. The Labute approximate surface area is 163 Å². The predicted molar refractivity (Wildman–Crippen MR) is 102 cm³/mol. The van der Waals surface area contributed by atoms with E-state index in [1.165, 1.54) is 12.1 Å². The second-order valence-electron chi connectivity index (χ2n) is 7.27. The van der Waals surface area contributed by atoms with E-state index in [1.807, 2.05) is 40.1 Å². The summed E-state index contributed by atoms with van der Waals surface area (Å²) in [6.45, 7) is 1.44. The lowest BCUT2D eigenvalue weighted by atomic mass is 10.1. The summed E-state index contributed by atoms with van der Waals surface area (Å²) in [6, 6.07) is 15.6. The van der Waals surface area contributed by atoms with Crippen molar-refractivity contribution >= 4 is 11.8 Å². The van der Waals surface area contributed by atoms with Gasteiger partial charge in [-0.3, -0.25) is 9.59 Å². The predicted octanol–water partition coefficient (Wildman–Crippen LogP) is 3.00. The Balaban J connectivity index is 1.33. The zero-order valence-electron chi connectivity index (χ0n) is 15.6. The van der Waals surface area contributed by atoms with Crippen LogP contribution >= 0.6 is 0 Å². The average Bonchev–Trinajstić information content (AvgIpc) is 3.24. The summed E-state index contributed by atoms with van der Waals surface area (Å²) in [6.07, 6.45) is 1.43. The lowest BCUT2D eigenvalue weighted by Crippen LogP contribution is -2.40. The van der Waals surface area contributed by atoms with Crippen LogP contribution in [0.5, 0.6) is 5.75 Å². The van der Waals surface area contributed by atoms with Crippen molar-refractivity contribution in [2.45, 2.75) is 37.9 Å². The molecule has 5 nitrogen and oxygen atoms in total. The molecule has 2 atom stereocenters. The highest BCUT2D eigenvalue weighted by molar-refractivity contribution is 5.83. The van der Waals surface area contributed by atoms with Gasteiger partial charge in [0.2, 0.25) is 11.8 Å². The van der Waals surface area contributed by atoms with Gasteiger partial charge in [-0.25, -0.2) is 4.39 Å². The molecule has 0 spiro atoms. The van der Waals surface area contributed by atoms with Crippen LogP contribution in [0.25, 0.3) is 0 Å². The van der Waals surface area contributed by atoms with E-state index in [0.717, 1.165) is 17.7 Å². The largest absolute Gasteiger partial charge is 0.493 e. The number of hydrogen-bond acceptors (Lipinski definition) is 3. The number of carbonyl (C=O) groups excluding carboxylic acids is 2. The van der Waals surface area contributed by atoms with Crippen LogP contribution in [-0.4, -0.2) is 46.8 Å². The van der Waals surface area contributed by atoms with E-state index in [4.69, 9.17) is 4.74 Å². The smallest absolute Gasteiger partial charge is 0.226 e. The van der Waals surface area contributed by atoms with Gasteiger partial charge in [-0.2, -0.15) is 0 Å². The van der Waals surface area contributed by atoms with Crippen LogP contribution in [0, 0.1) is 5.82 Å². The van der Waals surface area contributed by atoms with Gasteiger partial charge >= 0.3 is 0 Å². The molecule has 0 saturated carbocycles. The molecule has 2 amide bonds. The van der Waals surface area contributed by atoms with Crippen LogP contribution in [0.1, 0.15) is 24.8 Å². The quantitative estimate of drug-likeness (QED) is 0.772. The maximum atomic E-state index is 13.1. The van der Waals surface area contributed by atoms with Crippen LogP contribution in [0.3, 0.4) is 0 Å². The Kier molecular flexibility index (Phi) is 5.28. The molecule has 2 aliphatic heterocycles. The van der Waals surface area contributed by atoms with Crippen LogP contribution in [0.15, 0.2) is 54.6 Å². The van der Waals surface area contributed by atoms with E-state index in [9.17, 15) is 14.0 Å². The normalized spacial score (nSPS) is 21.1. The Hall–Kier alpha value is -2.89. The van der Waals surface area contributed by atoms with Gasteiger partial charge < -0.3 is 14.5 Å². The number of fused-ring (bicyclic) bond motifs is 1. The summed E-state index contributed by atoms with van der Waals surface area (Å²) in [5.41, 5.74) is 0.899. The number of hydrogen-bond donors (Lipinski definition) is 0. The minimum Gasteiger partial charge on any atom is -0.493 e. The number of likely N-dealkylation sites (tertiary alicyclic amines) is 2. The molecule has 2 saturated heterocycles. The number of halogens is 1. The van der Waals surface area contributed by atoms with Gasteiger partial charge in [-0.05, 0) is 36.2 Å². The SMILES string of the molecule is O=C(CCOc1ccccc1)N1CC[C@H]2[C@@H]1CC(=O)N2Cc1ccc(F)cc1. The van der Waals surface area contributed by atoms with E-state index in [1.54, 1.807) is 12.1 Å². The van der Waals surface area contributed by atoms with Gasteiger partial charge in [0.25, 0.3) is 0 Å². The standard InChI is InChI=1S/C22H23FN2O3/c23-17-8-6-16(7-9-17)15-25-19-10-12-24(20(19)14-22(25)27)21(26)11-13-28-18-4-2-1-3-5-18/h1-9,19-20H,10-15H2/t19-,20-/m0/s1. The third-order valence-corrected chi connectivity index (χ3v) is 5.53. The molecule has 2 aromatic rings. The molecule has 0 bridgehead atoms. The molecule has 0 radical (unpaired) electrons. The first-order valence-electron chi connectivity index (χ1n) is 9.63. The fraction of sp³-hybridized carbons (Fsp3) is 0.364. The van der Waals surface area contributed by atoms with Crippen LogP contribution in [-0.2, 0) is 16.1 Å². The molecule has 146 valence electrons. The van der Waals surface area contributed by atoms with Gasteiger partial charge in [0.1, 0.15) is 11.6 Å². The fourth-order valence-electron chi connectivity index (χ4n) is 4.15. The van der Waals surface area contributed by atoms with Gasteiger partial charge in [-0.1, -0.05) is 30.3 Å². The molecule has 4 rings (SSSR count). The van der Waals surface area contributed by atoms with E-state index in [0.29, 0.717) is 32.5 Å². The lowest BCUT2D eigenvalue weighted by Gasteiger charge is -2.25. The van der Waals surface area contributed by atoms with Crippen molar-refractivity contribution in [3.63, 3.8) is 0 Å². The minimum atomic E-state index is -0.287. The Morgan fingerprint density at radius 2 is 1.82 bits per heavy atom. The summed E-state index contributed by atoms with van der Waals surface area (Å²) < 4.78 is 18.7. The van der Waals surface area contributed by atoms with E-state index < -0.39 is 0 Å². The first-order chi connectivity index (χ1) is 13.6. The molecule has 2 aliphatic rings. The lowest BCUT2D eigenvalue weighted by molar-refractivity contribution is -0.132. The fourth-order valence-corrected chi connectivity index (χ4v) is 4.15. The molecule has 0 aliphatic carbocycles. The van der Waals surface area contributed by atoms with Crippen LogP contribution in [0.2, 0.25) is 0 Å². The zero-order valence-corrected chi connectivity index (χ0v) is 15.6. The highest BCUT2D eigenvalue weighted by Gasteiger charge is 2.47. The number of benzene rings is 2. The van der Waals surface area contributed by atoms with Crippen molar-refractivity contribution < 1.29 is 18.7 Å². The summed E-state index contributed by atoms with van der Waals surface area (Å²) in [7, 11) is 0. The van der Waals surface area contributed by atoms with Crippen molar-refractivity contribution in [1.82, 2.24) is 9.80 Å². The van der Waals surface area contributed by atoms with Gasteiger partial charge in [0, 0.05) is 19.5 Å². The Bertz CT molecular complexity index is 841. The number of rotatable bonds is 6. The summed E-state index contributed by atoms with van der Waals surface area (Å²) in [4.78, 5) is 28.9. The molecule has 6 heteroatoms. The molecule has 0 N–H and O–H groups in total. The van der Waals surface area contributed by atoms with Gasteiger partial charge in [0.05, 0.1) is 25.1 Å². The summed E-state index contributed by atoms with van der Waals surface area (Å²) >= 11 is 0.